The van der Waals surface area contributed by atoms with Crippen LogP contribution < -0.4 is 20.1 Å². The maximum absolute atomic E-state index is 12.2. The Bertz CT molecular complexity index is 877. The summed E-state index contributed by atoms with van der Waals surface area (Å²) in [6.45, 7) is 1.16. The van der Waals surface area contributed by atoms with E-state index in [1.165, 1.54) is 12.1 Å². The van der Waals surface area contributed by atoms with Crippen LogP contribution in [0.1, 0.15) is 5.56 Å². The van der Waals surface area contributed by atoms with Crippen LogP contribution in [0.5, 0.6) is 5.75 Å². The predicted molar refractivity (Wildman–Crippen MR) is 123 cm³/mol. The number of guanidine groups is 1. The first-order valence-corrected chi connectivity index (χ1v) is 10.1. The molecule has 0 radical (unpaired) electrons. The summed E-state index contributed by atoms with van der Waals surface area (Å²) in [6.07, 6.45) is 0. The maximum Gasteiger partial charge on any atom is 0.240 e. The van der Waals surface area contributed by atoms with Crippen molar-refractivity contribution in [3.63, 3.8) is 0 Å². The van der Waals surface area contributed by atoms with Crippen molar-refractivity contribution >= 4 is 51.6 Å². The van der Waals surface area contributed by atoms with E-state index >= 15 is 0 Å². The third-order valence-corrected chi connectivity index (χ3v) is 5.35. The molecule has 0 amide bonds. The lowest BCUT2D eigenvalue weighted by atomic mass is 10.2. The number of nitrogens with one attached hydrogen (secondary N) is 3. The lowest BCUT2D eigenvalue weighted by molar-refractivity contribution is 0.414. The quantitative estimate of drug-likeness (QED) is 0.208. The highest BCUT2D eigenvalue weighted by molar-refractivity contribution is 14.0. The summed E-state index contributed by atoms with van der Waals surface area (Å²) in [5.74, 6) is 1.38. The molecular formula is C18H24ClIN4O3S. The summed E-state index contributed by atoms with van der Waals surface area (Å²) in [4.78, 5) is 4.25. The molecule has 28 heavy (non-hydrogen) atoms. The maximum atomic E-state index is 12.2. The van der Waals surface area contributed by atoms with E-state index < -0.39 is 10.0 Å². The zero-order valence-corrected chi connectivity index (χ0v) is 19.5. The van der Waals surface area contributed by atoms with Gasteiger partial charge in [0.2, 0.25) is 10.0 Å². The molecule has 0 spiro atoms. The van der Waals surface area contributed by atoms with Crippen molar-refractivity contribution in [2.75, 3.05) is 27.2 Å². The molecule has 2 aromatic carbocycles. The molecule has 0 aliphatic rings. The predicted octanol–water partition coefficient (Wildman–Crippen LogP) is 2.61. The van der Waals surface area contributed by atoms with Gasteiger partial charge in [0.25, 0.3) is 0 Å². The van der Waals surface area contributed by atoms with E-state index in [9.17, 15) is 8.42 Å². The normalized spacial score (nSPS) is 11.5. The van der Waals surface area contributed by atoms with Crippen LogP contribution in [0.15, 0.2) is 58.4 Å². The average molecular weight is 539 g/mol. The average Bonchev–Trinajstić information content (AvgIpc) is 2.68. The van der Waals surface area contributed by atoms with Crippen LogP contribution in [0.2, 0.25) is 5.02 Å². The van der Waals surface area contributed by atoms with Gasteiger partial charge < -0.3 is 15.4 Å². The largest absolute Gasteiger partial charge is 0.497 e. The first-order valence-electron chi connectivity index (χ1n) is 8.27. The van der Waals surface area contributed by atoms with Gasteiger partial charge in [0.1, 0.15) is 5.75 Å². The number of sulfonamides is 1. The van der Waals surface area contributed by atoms with Crippen molar-refractivity contribution < 1.29 is 13.2 Å². The molecule has 0 atom stereocenters. The number of halogens is 2. The monoisotopic (exact) mass is 538 g/mol. The van der Waals surface area contributed by atoms with Gasteiger partial charge >= 0.3 is 0 Å². The number of rotatable bonds is 8. The molecule has 0 saturated carbocycles. The molecule has 0 fully saturated rings. The molecule has 0 unspecified atom stereocenters. The number of nitrogens with zero attached hydrogens (tertiary/aromatic N) is 1. The lowest BCUT2D eigenvalue weighted by Gasteiger charge is -2.13. The van der Waals surface area contributed by atoms with Crippen molar-refractivity contribution in [2.45, 2.75) is 11.4 Å². The molecular weight excluding hydrogens is 515 g/mol. The molecule has 2 aromatic rings. The molecule has 7 nitrogen and oxygen atoms in total. The van der Waals surface area contributed by atoms with Crippen LogP contribution in [0.4, 0.5) is 0 Å². The number of methoxy groups -OCH3 is 1. The minimum absolute atomic E-state index is 0. The zero-order valence-electron chi connectivity index (χ0n) is 15.6. The Morgan fingerprint density at radius 1 is 1.11 bits per heavy atom. The second-order valence-corrected chi connectivity index (χ2v) is 7.76. The smallest absolute Gasteiger partial charge is 0.240 e. The number of ether oxygens (including phenoxy) is 1. The lowest BCUT2D eigenvalue weighted by Crippen LogP contribution is -2.41. The third kappa shape index (κ3) is 7.82. The van der Waals surface area contributed by atoms with Crippen molar-refractivity contribution in [3.8, 4) is 5.75 Å². The first-order chi connectivity index (χ1) is 12.9. The molecule has 0 heterocycles. The topological polar surface area (TPSA) is 91.8 Å². The van der Waals surface area contributed by atoms with Crippen molar-refractivity contribution in [3.05, 3.63) is 59.1 Å². The van der Waals surface area contributed by atoms with Crippen LogP contribution in [0.25, 0.3) is 0 Å². The number of aliphatic imine (C=N–C) groups is 1. The summed E-state index contributed by atoms with van der Waals surface area (Å²) in [5, 5.41) is 6.60. The minimum Gasteiger partial charge on any atom is -0.497 e. The van der Waals surface area contributed by atoms with Crippen LogP contribution >= 0.6 is 35.6 Å². The van der Waals surface area contributed by atoms with Gasteiger partial charge in [-0.05, 0) is 35.9 Å². The summed E-state index contributed by atoms with van der Waals surface area (Å²) < 4.78 is 32.1. The van der Waals surface area contributed by atoms with E-state index in [1.807, 2.05) is 24.3 Å². The molecule has 10 heteroatoms. The number of hydrogen-bond acceptors (Lipinski definition) is 4. The Morgan fingerprint density at radius 3 is 2.43 bits per heavy atom. The standard InChI is InChI=1S/C18H23ClN4O3S.HI/c1-20-18(22-13-14-6-8-16(26-2)9-7-14)21-10-11-23-27(24,25)17-5-3-4-15(19)12-17;/h3-9,12,23H,10-11,13H2,1-2H3,(H2,20,21,22);1H. The molecule has 0 aliphatic heterocycles. The zero-order chi connectivity index (χ0) is 19.7. The van der Waals surface area contributed by atoms with Gasteiger partial charge in [-0.25, -0.2) is 13.1 Å². The highest BCUT2D eigenvalue weighted by atomic mass is 127. The second-order valence-electron chi connectivity index (χ2n) is 5.56. The van der Waals surface area contributed by atoms with E-state index in [4.69, 9.17) is 16.3 Å². The Kier molecular flexibility index (Phi) is 10.6. The van der Waals surface area contributed by atoms with Crippen LogP contribution in [0.3, 0.4) is 0 Å². The summed E-state index contributed by atoms with van der Waals surface area (Å²) in [6, 6.07) is 13.8. The van der Waals surface area contributed by atoms with Gasteiger partial charge in [0.15, 0.2) is 5.96 Å². The van der Waals surface area contributed by atoms with Gasteiger partial charge in [0, 0.05) is 31.7 Å². The fraction of sp³-hybridized carbons (Fsp3) is 0.278. The van der Waals surface area contributed by atoms with Gasteiger partial charge in [0.05, 0.1) is 12.0 Å². The van der Waals surface area contributed by atoms with Crippen molar-refractivity contribution in [2.24, 2.45) is 4.99 Å². The van der Waals surface area contributed by atoms with Gasteiger partial charge in [-0.1, -0.05) is 29.8 Å². The molecule has 0 aromatic heterocycles. The molecule has 3 N–H and O–H groups in total. The van der Waals surface area contributed by atoms with E-state index in [0.717, 1.165) is 11.3 Å². The minimum atomic E-state index is -3.60. The van der Waals surface area contributed by atoms with E-state index in [-0.39, 0.29) is 35.4 Å². The van der Waals surface area contributed by atoms with Crippen LogP contribution in [0, 0.1) is 0 Å². The van der Waals surface area contributed by atoms with Crippen molar-refractivity contribution in [1.29, 1.82) is 0 Å². The molecule has 0 saturated heterocycles. The highest BCUT2D eigenvalue weighted by Gasteiger charge is 2.13. The summed E-state index contributed by atoms with van der Waals surface area (Å²) in [5.41, 5.74) is 1.07. The Balaban J connectivity index is 0.00000392. The van der Waals surface area contributed by atoms with Crippen LogP contribution in [-0.2, 0) is 16.6 Å². The van der Waals surface area contributed by atoms with Crippen molar-refractivity contribution in [1.82, 2.24) is 15.4 Å². The molecule has 2 rings (SSSR count). The molecule has 154 valence electrons. The molecule has 0 aliphatic carbocycles. The van der Waals surface area contributed by atoms with Gasteiger partial charge in [-0.2, -0.15) is 0 Å². The molecule has 0 bridgehead atoms. The fourth-order valence-electron chi connectivity index (χ4n) is 2.23. The summed E-state index contributed by atoms with van der Waals surface area (Å²) >= 11 is 5.84. The number of benzene rings is 2. The first kappa shape index (κ1) is 24.5. The number of hydrogen-bond donors (Lipinski definition) is 3. The van der Waals surface area contributed by atoms with Crippen LogP contribution in [-0.4, -0.2) is 41.6 Å². The Hall–Kier alpha value is -1.56. The van der Waals surface area contributed by atoms with E-state index in [1.54, 1.807) is 26.3 Å². The third-order valence-electron chi connectivity index (χ3n) is 3.66. The Morgan fingerprint density at radius 2 is 1.82 bits per heavy atom. The fourth-order valence-corrected chi connectivity index (χ4v) is 3.57. The summed E-state index contributed by atoms with van der Waals surface area (Å²) in [7, 11) is -0.319. The van der Waals surface area contributed by atoms with Gasteiger partial charge in [-0.3, -0.25) is 4.99 Å². The van der Waals surface area contributed by atoms with Gasteiger partial charge in [-0.15, -0.1) is 24.0 Å². The van der Waals surface area contributed by atoms with E-state index in [0.29, 0.717) is 24.1 Å². The highest BCUT2D eigenvalue weighted by Crippen LogP contribution is 2.14. The Labute approximate surface area is 188 Å². The second kappa shape index (κ2) is 12.1. The SMILES string of the molecule is CN=C(NCCNS(=O)(=O)c1cccc(Cl)c1)NCc1ccc(OC)cc1.I. The van der Waals surface area contributed by atoms with E-state index in [2.05, 4.69) is 20.3 Å².